The molecule has 3 aromatic heterocycles. The van der Waals surface area contributed by atoms with E-state index in [1.54, 1.807) is 60.4 Å². The van der Waals surface area contributed by atoms with Gasteiger partial charge in [0.05, 0.1) is 0 Å². The number of carbonyl (C=O) groups excluding carboxylic acids is 1. The van der Waals surface area contributed by atoms with Gasteiger partial charge in [-0.15, -0.1) is 10.2 Å². The molecule has 8 heteroatoms. The summed E-state index contributed by atoms with van der Waals surface area (Å²) < 4.78 is 17.5. The lowest BCUT2D eigenvalue weighted by Crippen LogP contribution is -2.17. The Morgan fingerprint density at radius 3 is 2.73 bits per heavy atom. The van der Waals surface area contributed by atoms with Crippen LogP contribution in [0.4, 0.5) is 10.2 Å². The predicted octanol–water partition coefficient (Wildman–Crippen LogP) is 4.41. The minimum Gasteiger partial charge on any atom is -0.312 e. The summed E-state index contributed by atoms with van der Waals surface area (Å²) >= 11 is 0. The first-order chi connectivity index (χ1) is 14.4. The minimum absolute atomic E-state index is 0.174. The van der Waals surface area contributed by atoms with Crippen molar-refractivity contribution in [3.8, 4) is 17.2 Å². The van der Waals surface area contributed by atoms with Gasteiger partial charge in [0.1, 0.15) is 29.4 Å². The lowest BCUT2D eigenvalue weighted by Gasteiger charge is -2.12. The van der Waals surface area contributed by atoms with E-state index < -0.39 is 0 Å². The zero-order chi connectivity index (χ0) is 21.3. The fourth-order valence-corrected chi connectivity index (χ4v) is 3.14. The molecule has 0 aliphatic carbocycles. The van der Waals surface area contributed by atoms with E-state index in [9.17, 15) is 9.18 Å². The highest BCUT2D eigenvalue weighted by Crippen LogP contribution is 2.21. The molecule has 0 spiro atoms. The van der Waals surface area contributed by atoms with Gasteiger partial charge in [-0.2, -0.15) is 0 Å². The minimum atomic E-state index is -0.351. The SMILES string of the molecule is Cc1ccc(-n2cccc2C(=O)Nc2cccc(-c3nncn3C(C)C)n2)cc1F. The number of carbonyl (C=O) groups is 1. The number of anilines is 1. The smallest absolute Gasteiger partial charge is 0.273 e. The van der Waals surface area contributed by atoms with E-state index in [4.69, 9.17) is 0 Å². The Labute approximate surface area is 173 Å². The lowest BCUT2D eigenvalue weighted by atomic mass is 10.2. The highest BCUT2D eigenvalue weighted by Gasteiger charge is 2.16. The van der Waals surface area contributed by atoms with Gasteiger partial charge < -0.3 is 14.5 Å². The third-order valence-corrected chi connectivity index (χ3v) is 4.76. The molecule has 30 heavy (non-hydrogen) atoms. The van der Waals surface area contributed by atoms with Gasteiger partial charge in [-0.25, -0.2) is 9.37 Å². The van der Waals surface area contributed by atoms with Crippen LogP contribution >= 0.6 is 0 Å². The molecule has 7 nitrogen and oxygen atoms in total. The van der Waals surface area contributed by atoms with Gasteiger partial charge in [0, 0.05) is 17.9 Å². The van der Waals surface area contributed by atoms with E-state index >= 15 is 0 Å². The van der Waals surface area contributed by atoms with E-state index in [0.29, 0.717) is 34.3 Å². The maximum Gasteiger partial charge on any atom is 0.273 e. The molecule has 0 bridgehead atoms. The second kappa shape index (κ2) is 7.90. The molecular weight excluding hydrogens is 383 g/mol. The van der Waals surface area contributed by atoms with Crippen LogP contribution in [0.3, 0.4) is 0 Å². The van der Waals surface area contributed by atoms with Crippen LogP contribution in [0.1, 0.15) is 35.9 Å². The molecule has 0 atom stereocenters. The summed E-state index contributed by atoms with van der Waals surface area (Å²) in [7, 11) is 0. The maximum absolute atomic E-state index is 14.0. The number of aromatic nitrogens is 5. The average Bonchev–Trinajstić information content (AvgIpc) is 3.40. The fraction of sp³-hybridized carbons (Fsp3) is 0.182. The number of benzene rings is 1. The second-order valence-corrected chi connectivity index (χ2v) is 7.21. The molecule has 152 valence electrons. The van der Waals surface area contributed by atoms with Crippen LogP contribution in [-0.2, 0) is 0 Å². The molecule has 1 aromatic carbocycles. The molecular formula is C22H21FN6O. The highest BCUT2D eigenvalue weighted by atomic mass is 19.1. The standard InChI is InChI=1S/C22H21FN6O/c1-14(2)29-13-24-27-21(29)18-6-4-8-20(25-18)26-22(30)19-7-5-11-28(19)16-10-9-15(3)17(23)12-16/h4-14H,1-3H3,(H,25,26,30). The van der Waals surface area contributed by atoms with Crippen LogP contribution in [0, 0.1) is 12.7 Å². The third-order valence-electron chi connectivity index (χ3n) is 4.76. The van der Waals surface area contributed by atoms with E-state index in [2.05, 4.69) is 20.5 Å². The number of aryl methyl sites for hydroxylation is 1. The monoisotopic (exact) mass is 404 g/mol. The van der Waals surface area contributed by atoms with Gasteiger partial charge in [-0.3, -0.25) is 4.79 Å². The number of amides is 1. The zero-order valence-corrected chi connectivity index (χ0v) is 16.9. The Hall–Kier alpha value is -3.81. The molecule has 3 heterocycles. The normalized spacial score (nSPS) is 11.1. The van der Waals surface area contributed by atoms with E-state index in [0.717, 1.165) is 0 Å². The lowest BCUT2D eigenvalue weighted by molar-refractivity contribution is 0.102. The summed E-state index contributed by atoms with van der Waals surface area (Å²) in [4.78, 5) is 17.4. The van der Waals surface area contributed by atoms with Crippen LogP contribution in [0.2, 0.25) is 0 Å². The Bertz CT molecular complexity index is 1210. The molecule has 0 saturated carbocycles. The number of hydrogen-bond acceptors (Lipinski definition) is 4. The molecule has 0 aliphatic rings. The predicted molar refractivity (Wildman–Crippen MR) is 112 cm³/mol. The summed E-state index contributed by atoms with van der Waals surface area (Å²) in [6.07, 6.45) is 3.37. The number of hydrogen-bond donors (Lipinski definition) is 1. The van der Waals surface area contributed by atoms with Crippen LogP contribution in [0.5, 0.6) is 0 Å². The molecule has 0 radical (unpaired) electrons. The molecule has 1 N–H and O–H groups in total. The first-order valence-electron chi connectivity index (χ1n) is 9.56. The van der Waals surface area contributed by atoms with Gasteiger partial charge in [0.25, 0.3) is 5.91 Å². The van der Waals surface area contributed by atoms with E-state index in [1.165, 1.54) is 6.07 Å². The number of pyridine rings is 1. The van der Waals surface area contributed by atoms with Crippen LogP contribution in [0.25, 0.3) is 17.2 Å². The van der Waals surface area contributed by atoms with Crippen molar-refractivity contribution in [2.24, 2.45) is 0 Å². The van der Waals surface area contributed by atoms with Crippen molar-refractivity contribution in [1.29, 1.82) is 0 Å². The van der Waals surface area contributed by atoms with Gasteiger partial charge in [-0.05, 0) is 62.7 Å². The summed E-state index contributed by atoms with van der Waals surface area (Å²) in [5.74, 6) is 0.338. The molecule has 0 fully saturated rings. The van der Waals surface area contributed by atoms with Crippen molar-refractivity contribution in [3.63, 3.8) is 0 Å². The number of nitrogens with one attached hydrogen (secondary N) is 1. The topological polar surface area (TPSA) is 77.6 Å². The first-order valence-corrected chi connectivity index (χ1v) is 9.56. The van der Waals surface area contributed by atoms with Crippen molar-refractivity contribution in [2.45, 2.75) is 26.8 Å². The number of nitrogens with zero attached hydrogens (tertiary/aromatic N) is 5. The average molecular weight is 404 g/mol. The third kappa shape index (κ3) is 3.71. The van der Waals surface area contributed by atoms with Gasteiger partial charge in [0.2, 0.25) is 0 Å². The molecule has 0 aliphatic heterocycles. The first kappa shape index (κ1) is 19.5. The molecule has 4 rings (SSSR count). The van der Waals surface area contributed by atoms with Crippen molar-refractivity contribution >= 4 is 11.7 Å². The second-order valence-electron chi connectivity index (χ2n) is 7.21. The van der Waals surface area contributed by atoms with Crippen LogP contribution in [-0.4, -0.2) is 30.2 Å². The van der Waals surface area contributed by atoms with Crippen LogP contribution < -0.4 is 5.32 Å². The van der Waals surface area contributed by atoms with Gasteiger partial charge in [0.15, 0.2) is 5.82 Å². The van der Waals surface area contributed by atoms with Crippen LogP contribution in [0.15, 0.2) is 61.1 Å². The zero-order valence-electron chi connectivity index (χ0n) is 16.9. The summed E-state index contributed by atoms with van der Waals surface area (Å²) in [5.41, 5.74) is 2.10. The van der Waals surface area contributed by atoms with Gasteiger partial charge in [-0.1, -0.05) is 12.1 Å². The fourth-order valence-electron chi connectivity index (χ4n) is 3.14. The summed E-state index contributed by atoms with van der Waals surface area (Å²) in [6.45, 7) is 5.75. The number of rotatable bonds is 5. The number of halogens is 1. The molecule has 4 aromatic rings. The molecule has 0 saturated heterocycles. The molecule has 1 amide bonds. The largest absolute Gasteiger partial charge is 0.312 e. The Morgan fingerprint density at radius 1 is 1.13 bits per heavy atom. The van der Waals surface area contributed by atoms with E-state index in [1.807, 2.05) is 24.5 Å². The van der Waals surface area contributed by atoms with Crippen molar-refractivity contribution in [3.05, 3.63) is 78.1 Å². The van der Waals surface area contributed by atoms with Crippen molar-refractivity contribution < 1.29 is 9.18 Å². The quantitative estimate of drug-likeness (QED) is 0.534. The van der Waals surface area contributed by atoms with Crippen molar-refractivity contribution in [2.75, 3.05) is 5.32 Å². The summed E-state index contributed by atoms with van der Waals surface area (Å²) in [6, 6.07) is 13.8. The molecule has 0 unspecified atom stereocenters. The highest BCUT2D eigenvalue weighted by molar-refractivity contribution is 6.03. The summed E-state index contributed by atoms with van der Waals surface area (Å²) in [5, 5.41) is 10.9. The Morgan fingerprint density at radius 2 is 1.97 bits per heavy atom. The maximum atomic E-state index is 14.0. The Balaban J connectivity index is 1.61. The van der Waals surface area contributed by atoms with Gasteiger partial charge >= 0.3 is 0 Å². The Kier molecular flexibility index (Phi) is 5.14. The van der Waals surface area contributed by atoms with E-state index in [-0.39, 0.29) is 17.8 Å². The van der Waals surface area contributed by atoms with Crippen molar-refractivity contribution in [1.82, 2.24) is 24.3 Å².